The molecule has 72 valence electrons. The van der Waals surface area contributed by atoms with E-state index in [2.05, 4.69) is 20.5 Å². The number of nitrogens with two attached hydrogens (primary N) is 1. The first-order chi connectivity index (χ1) is 6.79. The maximum Gasteiger partial charge on any atom is 0.237 e. The van der Waals surface area contributed by atoms with Gasteiger partial charge in [-0.25, -0.2) is 15.8 Å². The third-order valence-electron chi connectivity index (χ3n) is 1.82. The maximum absolute atomic E-state index is 5.15. The van der Waals surface area contributed by atoms with Crippen molar-refractivity contribution in [3.05, 3.63) is 24.8 Å². The number of rotatable bonds is 2. The topological polar surface area (TPSA) is 81.7 Å². The van der Waals surface area contributed by atoms with Gasteiger partial charge in [0.15, 0.2) is 0 Å². The summed E-state index contributed by atoms with van der Waals surface area (Å²) in [6.07, 6.45) is 7.04. The highest BCUT2D eigenvalue weighted by atomic mass is 15.3. The number of hydrazine groups is 1. The molecular weight excluding hydrogens is 180 g/mol. The number of hydrogen-bond donors (Lipinski definition) is 2. The van der Waals surface area contributed by atoms with E-state index in [0.717, 1.165) is 11.1 Å². The molecule has 0 atom stereocenters. The Morgan fingerprint density at radius 1 is 1.21 bits per heavy atom. The molecule has 0 aliphatic heterocycles. The Morgan fingerprint density at radius 3 is 2.43 bits per heavy atom. The Bertz CT molecular complexity index is 418. The Kier molecular flexibility index (Phi) is 2.11. The molecule has 0 spiro atoms. The molecule has 0 saturated heterocycles. The highest BCUT2D eigenvalue weighted by Crippen LogP contribution is 2.16. The summed E-state index contributed by atoms with van der Waals surface area (Å²) < 4.78 is 1.73. The van der Waals surface area contributed by atoms with Crippen molar-refractivity contribution in [2.75, 3.05) is 5.43 Å². The second kappa shape index (κ2) is 3.43. The van der Waals surface area contributed by atoms with Gasteiger partial charge in [-0.15, -0.1) is 0 Å². The van der Waals surface area contributed by atoms with Crippen molar-refractivity contribution in [3.63, 3.8) is 0 Å². The van der Waals surface area contributed by atoms with Gasteiger partial charge in [0.25, 0.3) is 0 Å². The first-order valence-corrected chi connectivity index (χ1v) is 4.07. The molecule has 2 rings (SSSR count). The minimum Gasteiger partial charge on any atom is -0.292 e. The quantitative estimate of drug-likeness (QED) is 0.521. The molecule has 0 aromatic carbocycles. The predicted octanol–water partition coefficient (Wildman–Crippen LogP) is 0.163. The summed E-state index contributed by atoms with van der Waals surface area (Å²) >= 11 is 0. The van der Waals surface area contributed by atoms with Gasteiger partial charge in [0, 0.05) is 36.8 Å². The summed E-state index contributed by atoms with van der Waals surface area (Å²) in [5.41, 5.74) is 4.26. The largest absolute Gasteiger partial charge is 0.292 e. The molecule has 0 saturated carbocycles. The molecule has 2 heterocycles. The fourth-order valence-corrected chi connectivity index (χ4v) is 1.12. The van der Waals surface area contributed by atoms with Gasteiger partial charge in [-0.1, -0.05) is 0 Å². The van der Waals surface area contributed by atoms with Crippen molar-refractivity contribution in [1.82, 2.24) is 19.7 Å². The minimum atomic E-state index is 0.401. The zero-order chi connectivity index (χ0) is 9.97. The Morgan fingerprint density at radius 2 is 1.93 bits per heavy atom. The fraction of sp³-hybridized carbons (Fsp3) is 0.125. The second-order valence-electron chi connectivity index (χ2n) is 2.84. The third kappa shape index (κ3) is 1.55. The number of hydrogen-bond acceptors (Lipinski definition) is 5. The molecule has 0 fully saturated rings. The average molecular weight is 190 g/mol. The smallest absolute Gasteiger partial charge is 0.237 e. The number of aryl methyl sites for hydroxylation is 1. The molecule has 0 unspecified atom stereocenters. The van der Waals surface area contributed by atoms with Crippen molar-refractivity contribution in [2.24, 2.45) is 12.9 Å². The zero-order valence-corrected chi connectivity index (χ0v) is 7.68. The van der Waals surface area contributed by atoms with E-state index in [1.54, 1.807) is 23.3 Å². The molecule has 0 bridgehead atoms. The van der Waals surface area contributed by atoms with Crippen LogP contribution in [0.15, 0.2) is 24.8 Å². The van der Waals surface area contributed by atoms with E-state index in [4.69, 9.17) is 5.84 Å². The van der Waals surface area contributed by atoms with Crippen LogP contribution in [-0.2, 0) is 7.05 Å². The molecule has 3 N–H and O–H groups in total. The van der Waals surface area contributed by atoms with E-state index in [-0.39, 0.29) is 0 Å². The van der Waals surface area contributed by atoms with Crippen LogP contribution >= 0.6 is 0 Å². The van der Waals surface area contributed by atoms with Crippen LogP contribution in [0.5, 0.6) is 0 Å². The molecule has 0 aliphatic carbocycles. The molecule has 2 aromatic rings. The number of anilines is 1. The van der Waals surface area contributed by atoms with Crippen LogP contribution in [0, 0.1) is 0 Å². The molecular formula is C8H10N6. The fourth-order valence-electron chi connectivity index (χ4n) is 1.12. The molecule has 2 aromatic heterocycles. The Labute approximate surface area is 80.8 Å². The van der Waals surface area contributed by atoms with Crippen LogP contribution < -0.4 is 11.3 Å². The summed E-state index contributed by atoms with van der Waals surface area (Å²) in [6.45, 7) is 0. The summed E-state index contributed by atoms with van der Waals surface area (Å²) in [4.78, 5) is 8.00. The molecule has 6 nitrogen and oxygen atoms in total. The summed E-state index contributed by atoms with van der Waals surface area (Å²) in [5.74, 6) is 5.55. The van der Waals surface area contributed by atoms with Crippen LogP contribution in [0.3, 0.4) is 0 Å². The predicted molar refractivity (Wildman–Crippen MR) is 52.0 cm³/mol. The first-order valence-electron chi connectivity index (χ1n) is 4.07. The van der Waals surface area contributed by atoms with Gasteiger partial charge >= 0.3 is 0 Å². The van der Waals surface area contributed by atoms with E-state index >= 15 is 0 Å². The lowest BCUT2D eigenvalue weighted by Gasteiger charge is -1.98. The second-order valence-corrected chi connectivity index (χ2v) is 2.84. The monoisotopic (exact) mass is 190 g/mol. The highest BCUT2D eigenvalue weighted by molar-refractivity contribution is 5.59. The van der Waals surface area contributed by atoms with Gasteiger partial charge < -0.3 is 0 Å². The van der Waals surface area contributed by atoms with E-state index in [0.29, 0.717) is 5.95 Å². The van der Waals surface area contributed by atoms with Crippen LogP contribution in [0.4, 0.5) is 5.95 Å². The maximum atomic E-state index is 5.15. The Balaban J connectivity index is 2.33. The number of nitrogens with zero attached hydrogens (tertiary/aromatic N) is 4. The molecule has 0 radical (unpaired) electrons. The highest BCUT2D eigenvalue weighted by Gasteiger charge is 2.01. The SMILES string of the molecule is Cn1cc(-c2cnc(NN)nc2)cn1. The van der Waals surface area contributed by atoms with Gasteiger partial charge in [-0.3, -0.25) is 10.1 Å². The van der Waals surface area contributed by atoms with Crippen molar-refractivity contribution in [1.29, 1.82) is 0 Å². The van der Waals surface area contributed by atoms with E-state index in [1.807, 2.05) is 13.2 Å². The lowest BCUT2D eigenvalue weighted by molar-refractivity contribution is 0.768. The van der Waals surface area contributed by atoms with Gasteiger partial charge in [-0.2, -0.15) is 5.10 Å². The molecule has 0 amide bonds. The summed E-state index contributed by atoms with van der Waals surface area (Å²) in [5, 5.41) is 4.06. The normalized spacial score (nSPS) is 10.1. The van der Waals surface area contributed by atoms with Gasteiger partial charge in [0.1, 0.15) is 0 Å². The number of nitrogen functional groups attached to an aromatic ring is 1. The third-order valence-corrected chi connectivity index (χ3v) is 1.82. The zero-order valence-electron chi connectivity index (χ0n) is 7.68. The van der Waals surface area contributed by atoms with Crippen LogP contribution in [0.25, 0.3) is 11.1 Å². The van der Waals surface area contributed by atoms with Gasteiger partial charge in [0.2, 0.25) is 5.95 Å². The average Bonchev–Trinajstić information content (AvgIpc) is 2.65. The van der Waals surface area contributed by atoms with Gasteiger partial charge in [-0.05, 0) is 0 Å². The lowest BCUT2D eigenvalue weighted by Crippen LogP contribution is -2.09. The van der Waals surface area contributed by atoms with E-state index < -0.39 is 0 Å². The molecule has 14 heavy (non-hydrogen) atoms. The van der Waals surface area contributed by atoms with Crippen LogP contribution in [0.2, 0.25) is 0 Å². The lowest BCUT2D eigenvalue weighted by atomic mass is 10.2. The van der Waals surface area contributed by atoms with E-state index in [1.165, 1.54) is 0 Å². The van der Waals surface area contributed by atoms with E-state index in [9.17, 15) is 0 Å². The van der Waals surface area contributed by atoms with Crippen molar-refractivity contribution < 1.29 is 0 Å². The molecule has 6 heteroatoms. The molecule has 0 aliphatic rings. The Hall–Kier alpha value is -1.95. The number of nitrogens with one attached hydrogen (secondary N) is 1. The van der Waals surface area contributed by atoms with Crippen molar-refractivity contribution >= 4 is 5.95 Å². The summed E-state index contributed by atoms with van der Waals surface area (Å²) in [6, 6.07) is 0. The standard InChI is InChI=1S/C8H10N6/c1-14-5-7(4-12-14)6-2-10-8(13-9)11-3-6/h2-5H,9H2,1H3,(H,10,11,13). The van der Waals surface area contributed by atoms with Crippen molar-refractivity contribution in [2.45, 2.75) is 0 Å². The van der Waals surface area contributed by atoms with Crippen LogP contribution in [0.1, 0.15) is 0 Å². The number of aromatic nitrogens is 4. The first kappa shape index (κ1) is 8.64. The van der Waals surface area contributed by atoms with Gasteiger partial charge in [0.05, 0.1) is 6.20 Å². The van der Waals surface area contributed by atoms with Crippen LogP contribution in [-0.4, -0.2) is 19.7 Å². The minimum absolute atomic E-state index is 0.401. The summed E-state index contributed by atoms with van der Waals surface area (Å²) in [7, 11) is 1.86. The van der Waals surface area contributed by atoms with Crippen molar-refractivity contribution in [3.8, 4) is 11.1 Å².